The number of hydrogen-bond donors (Lipinski definition) is 1. The number of nitrogens with two attached hydrogens (primary N) is 1. The van der Waals surface area contributed by atoms with Gasteiger partial charge in [-0.2, -0.15) is 0 Å². The van der Waals surface area contributed by atoms with Gasteiger partial charge in [0.25, 0.3) is 0 Å². The fourth-order valence-corrected chi connectivity index (χ4v) is 1.89. The molecule has 2 N–H and O–H groups in total. The van der Waals surface area contributed by atoms with E-state index in [2.05, 4.69) is 18.9 Å². The first kappa shape index (κ1) is 9.01. The Balaban J connectivity index is 2.49. The van der Waals surface area contributed by atoms with E-state index in [1.807, 2.05) is 0 Å². The molecule has 1 fully saturated rings. The van der Waals surface area contributed by atoms with Crippen LogP contribution in [0.5, 0.6) is 0 Å². The summed E-state index contributed by atoms with van der Waals surface area (Å²) < 4.78 is 0. The maximum absolute atomic E-state index is 5.97. The van der Waals surface area contributed by atoms with Crippen LogP contribution in [0.2, 0.25) is 0 Å². The van der Waals surface area contributed by atoms with Gasteiger partial charge in [-0.25, -0.2) is 5.01 Å². The summed E-state index contributed by atoms with van der Waals surface area (Å²) in [5.74, 6) is 5.97. The summed E-state index contributed by atoms with van der Waals surface area (Å²) >= 11 is 0. The van der Waals surface area contributed by atoms with E-state index in [1.165, 1.54) is 32.1 Å². The first-order chi connectivity index (χ1) is 5.25. The highest BCUT2D eigenvalue weighted by molar-refractivity contribution is 4.75. The van der Waals surface area contributed by atoms with Crippen LogP contribution in [-0.2, 0) is 0 Å². The molecule has 1 aliphatic heterocycles. The van der Waals surface area contributed by atoms with E-state index < -0.39 is 0 Å². The van der Waals surface area contributed by atoms with Gasteiger partial charge in [-0.15, -0.1) is 0 Å². The first-order valence-corrected chi connectivity index (χ1v) is 4.78. The van der Waals surface area contributed by atoms with Crippen molar-refractivity contribution in [1.82, 2.24) is 5.01 Å². The number of hydrogen-bond acceptors (Lipinski definition) is 2. The highest BCUT2D eigenvalue weighted by Crippen LogP contribution is 2.20. The standard InChI is InChI=1S/C9H20N2/c1-3-9-7-5-4-6-8(2)11(9)10/h8-9H,3-7,10H2,1-2H3. The normalized spacial score (nSPS) is 35.2. The van der Waals surface area contributed by atoms with Gasteiger partial charge in [-0.3, -0.25) is 5.84 Å². The second kappa shape index (κ2) is 4.07. The van der Waals surface area contributed by atoms with E-state index in [4.69, 9.17) is 5.84 Å². The van der Waals surface area contributed by atoms with E-state index >= 15 is 0 Å². The van der Waals surface area contributed by atoms with Crippen LogP contribution in [-0.4, -0.2) is 17.1 Å². The molecule has 1 heterocycles. The van der Waals surface area contributed by atoms with Crippen LogP contribution in [0.1, 0.15) is 46.0 Å². The second-order valence-electron chi connectivity index (χ2n) is 3.64. The van der Waals surface area contributed by atoms with Crippen molar-refractivity contribution in [2.45, 2.75) is 58.0 Å². The molecule has 66 valence electrons. The molecular weight excluding hydrogens is 136 g/mol. The first-order valence-electron chi connectivity index (χ1n) is 4.78. The summed E-state index contributed by atoms with van der Waals surface area (Å²) in [5.41, 5.74) is 0. The molecule has 2 nitrogen and oxygen atoms in total. The van der Waals surface area contributed by atoms with Crippen molar-refractivity contribution < 1.29 is 0 Å². The van der Waals surface area contributed by atoms with Crippen LogP contribution in [0.25, 0.3) is 0 Å². The molecule has 0 aromatic rings. The maximum atomic E-state index is 5.97. The molecule has 2 heteroatoms. The smallest absolute Gasteiger partial charge is 0.0241 e. The van der Waals surface area contributed by atoms with Crippen molar-refractivity contribution in [1.29, 1.82) is 0 Å². The zero-order valence-electron chi connectivity index (χ0n) is 7.71. The molecule has 2 unspecified atom stereocenters. The molecule has 0 radical (unpaired) electrons. The number of hydrazine groups is 1. The Morgan fingerprint density at radius 2 is 2.00 bits per heavy atom. The summed E-state index contributed by atoms with van der Waals surface area (Å²) in [5, 5.41) is 2.06. The Morgan fingerprint density at radius 1 is 1.36 bits per heavy atom. The van der Waals surface area contributed by atoms with Crippen molar-refractivity contribution in [3.05, 3.63) is 0 Å². The fraction of sp³-hybridized carbons (Fsp3) is 1.00. The SMILES string of the molecule is CCC1CCCCC(C)N1N. The van der Waals surface area contributed by atoms with Gasteiger partial charge in [0, 0.05) is 12.1 Å². The second-order valence-corrected chi connectivity index (χ2v) is 3.64. The summed E-state index contributed by atoms with van der Waals surface area (Å²) in [6.45, 7) is 4.45. The van der Waals surface area contributed by atoms with Gasteiger partial charge in [0.15, 0.2) is 0 Å². The highest BCUT2D eigenvalue weighted by atomic mass is 15.4. The summed E-state index contributed by atoms with van der Waals surface area (Å²) in [4.78, 5) is 0. The largest absolute Gasteiger partial charge is 0.268 e. The topological polar surface area (TPSA) is 29.3 Å². The minimum absolute atomic E-state index is 0.586. The molecule has 11 heavy (non-hydrogen) atoms. The molecular formula is C9H20N2. The molecule has 0 aromatic carbocycles. The molecule has 1 aliphatic rings. The zero-order chi connectivity index (χ0) is 8.27. The van der Waals surface area contributed by atoms with Gasteiger partial charge >= 0.3 is 0 Å². The van der Waals surface area contributed by atoms with Gasteiger partial charge < -0.3 is 0 Å². The third kappa shape index (κ3) is 2.17. The van der Waals surface area contributed by atoms with Crippen molar-refractivity contribution >= 4 is 0 Å². The van der Waals surface area contributed by atoms with E-state index in [1.54, 1.807) is 0 Å². The fourth-order valence-electron chi connectivity index (χ4n) is 1.89. The highest BCUT2D eigenvalue weighted by Gasteiger charge is 2.21. The van der Waals surface area contributed by atoms with Crippen LogP contribution in [0.15, 0.2) is 0 Å². The van der Waals surface area contributed by atoms with Crippen molar-refractivity contribution in [3.63, 3.8) is 0 Å². The van der Waals surface area contributed by atoms with E-state index in [0.29, 0.717) is 12.1 Å². The van der Waals surface area contributed by atoms with Crippen LogP contribution >= 0.6 is 0 Å². The predicted octanol–water partition coefficient (Wildman–Crippen LogP) is 1.90. The molecule has 2 atom stereocenters. The lowest BCUT2D eigenvalue weighted by atomic mass is 10.1. The quantitative estimate of drug-likeness (QED) is 0.587. The van der Waals surface area contributed by atoms with E-state index in [-0.39, 0.29) is 0 Å². The summed E-state index contributed by atoms with van der Waals surface area (Å²) in [7, 11) is 0. The molecule has 0 saturated carbocycles. The Bertz CT molecular complexity index is 114. The van der Waals surface area contributed by atoms with Crippen LogP contribution in [0, 0.1) is 0 Å². The lowest BCUT2D eigenvalue weighted by Gasteiger charge is -2.29. The zero-order valence-corrected chi connectivity index (χ0v) is 7.71. The lowest BCUT2D eigenvalue weighted by Crippen LogP contribution is -2.45. The van der Waals surface area contributed by atoms with Gasteiger partial charge in [0.1, 0.15) is 0 Å². The Labute approximate surface area is 69.7 Å². The third-order valence-corrected chi connectivity index (χ3v) is 2.81. The summed E-state index contributed by atoms with van der Waals surface area (Å²) in [6.07, 6.45) is 6.47. The minimum atomic E-state index is 0.586. The summed E-state index contributed by atoms with van der Waals surface area (Å²) in [6, 6.07) is 1.22. The Hall–Kier alpha value is -0.0800. The Morgan fingerprint density at radius 3 is 2.64 bits per heavy atom. The Kier molecular flexibility index (Phi) is 3.34. The van der Waals surface area contributed by atoms with Crippen molar-refractivity contribution in [2.75, 3.05) is 0 Å². The predicted molar refractivity (Wildman–Crippen MR) is 48.0 cm³/mol. The molecule has 0 aliphatic carbocycles. The van der Waals surface area contributed by atoms with Crippen molar-refractivity contribution in [2.24, 2.45) is 5.84 Å². The van der Waals surface area contributed by atoms with Gasteiger partial charge in [-0.1, -0.05) is 19.8 Å². The number of rotatable bonds is 1. The number of nitrogens with zero attached hydrogens (tertiary/aromatic N) is 1. The molecule has 0 bridgehead atoms. The molecule has 1 rings (SSSR count). The van der Waals surface area contributed by atoms with E-state index in [0.717, 1.165) is 0 Å². The van der Waals surface area contributed by atoms with Crippen LogP contribution in [0.3, 0.4) is 0 Å². The van der Waals surface area contributed by atoms with Crippen LogP contribution < -0.4 is 5.84 Å². The molecule has 0 amide bonds. The van der Waals surface area contributed by atoms with Gasteiger partial charge in [0.2, 0.25) is 0 Å². The van der Waals surface area contributed by atoms with E-state index in [9.17, 15) is 0 Å². The average molecular weight is 156 g/mol. The van der Waals surface area contributed by atoms with Crippen LogP contribution in [0.4, 0.5) is 0 Å². The van der Waals surface area contributed by atoms with Crippen molar-refractivity contribution in [3.8, 4) is 0 Å². The minimum Gasteiger partial charge on any atom is -0.268 e. The van der Waals surface area contributed by atoms with Gasteiger partial charge in [0.05, 0.1) is 0 Å². The molecule has 0 aromatic heterocycles. The molecule has 0 spiro atoms. The lowest BCUT2D eigenvalue weighted by molar-refractivity contribution is 0.143. The maximum Gasteiger partial charge on any atom is 0.0241 e. The monoisotopic (exact) mass is 156 g/mol. The third-order valence-electron chi connectivity index (χ3n) is 2.81. The molecule has 1 saturated heterocycles. The van der Waals surface area contributed by atoms with Gasteiger partial charge in [-0.05, 0) is 26.2 Å². The average Bonchev–Trinajstić information content (AvgIpc) is 2.16.